The van der Waals surface area contributed by atoms with Gasteiger partial charge in [-0.05, 0) is 26.2 Å². The van der Waals surface area contributed by atoms with E-state index in [-0.39, 0.29) is 11.7 Å². The Labute approximate surface area is 167 Å². The first kappa shape index (κ1) is 19.5. The van der Waals surface area contributed by atoms with Crippen LogP contribution in [0.1, 0.15) is 32.2 Å². The van der Waals surface area contributed by atoms with Crippen LogP contribution in [0.4, 0.5) is 5.82 Å². The first-order chi connectivity index (χ1) is 13.9. The molecule has 2 fully saturated rings. The van der Waals surface area contributed by atoms with Gasteiger partial charge in [-0.2, -0.15) is 0 Å². The highest BCUT2D eigenvalue weighted by Crippen LogP contribution is 2.39. The van der Waals surface area contributed by atoms with Crippen molar-refractivity contribution in [2.75, 3.05) is 5.32 Å². The van der Waals surface area contributed by atoms with E-state index < -0.39 is 30.3 Å². The Morgan fingerprint density at radius 1 is 1.31 bits per heavy atom. The van der Waals surface area contributed by atoms with Gasteiger partial charge in [-0.25, -0.2) is 15.0 Å². The minimum Gasteiger partial charge on any atom is -0.390 e. The number of aromatic nitrogens is 4. The smallest absolute Gasteiger partial charge is 0.251 e. The van der Waals surface area contributed by atoms with Crippen LogP contribution in [0, 0.1) is 23.7 Å². The highest BCUT2D eigenvalue weighted by atomic mass is 16.3. The second-order valence-corrected chi connectivity index (χ2v) is 7.74. The zero-order valence-corrected chi connectivity index (χ0v) is 16.0. The molecular weight excluding hydrogens is 374 g/mol. The normalized spacial score (nSPS) is 27.3. The Balaban J connectivity index is 1.60. The van der Waals surface area contributed by atoms with Gasteiger partial charge in [-0.1, -0.05) is 18.4 Å². The maximum absolute atomic E-state index is 11.9. The third kappa shape index (κ3) is 3.74. The zero-order chi connectivity index (χ0) is 20.7. The van der Waals surface area contributed by atoms with Crippen molar-refractivity contribution in [3.63, 3.8) is 0 Å². The predicted molar refractivity (Wildman–Crippen MR) is 104 cm³/mol. The molecular formula is C20H23N5O4. The van der Waals surface area contributed by atoms with Crippen LogP contribution in [0.3, 0.4) is 0 Å². The molecule has 0 aromatic carbocycles. The van der Waals surface area contributed by atoms with Crippen LogP contribution in [0.5, 0.6) is 0 Å². The summed E-state index contributed by atoms with van der Waals surface area (Å²) >= 11 is 0. The van der Waals surface area contributed by atoms with Gasteiger partial charge in [0.05, 0.1) is 18.5 Å². The average Bonchev–Trinajstić information content (AvgIpc) is 3.36. The molecule has 2 aliphatic rings. The fourth-order valence-corrected chi connectivity index (χ4v) is 3.57. The molecule has 2 aromatic rings. The molecule has 2 aliphatic carbocycles. The molecule has 9 heteroatoms. The third-order valence-corrected chi connectivity index (χ3v) is 5.45. The summed E-state index contributed by atoms with van der Waals surface area (Å²) in [5.41, 5.74) is 1.10. The number of nitrogens with one attached hydrogen (secondary N) is 1. The second kappa shape index (κ2) is 7.55. The zero-order valence-electron chi connectivity index (χ0n) is 16.0. The van der Waals surface area contributed by atoms with Gasteiger partial charge in [-0.3, -0.25) is 4.79 Å². The number of imidazole rings is 1. The Hall–Kier alpha value is -2.80. The number of fused-ring (bicyclic) bond motifs is 1. The number of aliphatic hydroxyl groups is 3. The van der Waals surface area contributed by atoms with Crippen LogP contribution in [-0.4, -0.2) is 59.1 Å². The van der Waals surface area contributed by atoms with Gasteiger partial charge in [0.1, 0.15) is 18.5 Å². The lowest BCUT2D eigenvalue weighted by atomic mass is 9.98. The van der Waals surface area contributed by atoms with Crippen LogP contribution in [0.2, 0.25) is 0 Å². The Morgan fingerprint density at radius 2 is 2.07 bits per heavy atom. The number of rotatable bonds is 4. The molecule has 9 nitrogen and oxygen atoms in total. The molecule has 5 atom stereocenters. The van der Waals surface area contributed by atoms with E-state index in [0.29, 0.717) is 29.1 Å². The molecule has 1 amide bonds. The molecule has 0 aliphatic heterocycles. The molecule has 1 unspecified atom stereocenters. The van der Waals surface area contributed by atoms with Crippen molar-refractivity contribution in [1.82, 2.24) is 19.5 Å². The van der Waals surface area contributed by atoms with E-state index >= 15 is 0 Å². The lowest BCUT2D eigenvalue weighted by Crippen LogP contribution is -2.33. The van der Waals surface area contributed by atoms with Crippen molar-refractivity contribution in [2.24, 2.45) is 11.8 Å². The number of amides is 1. The summed E-state index contributed by atoms with van der Waals surface area (Å²) in [6.45, 7) is 5.18. The maximum atomic E-state index is 11.9. The Kier molecular flexibility index (Phi) is 5.08. The van der Waals surface area contributed by atoms with Crippen molar-refractivity contribution in [2.45, 2.75) is 50.5 Å². The first-order valence-electron chi connectivity index (χ1n) is 9.56. The van der Waals surface area contributed by atoms with Gasteiger partial charge in [0, 0.05) is 17.4 Å². The number of anilines is 1. The second-order valence-electron chi connectivity index (χ2n) is 7.74. The predicted octanol–water partition coefficient (Wildman–Crippen LogP) is 0.398. The van der Waals surface area contributed by atoms with Crippen molar-refractivity contribution in [3.8, 4) is 11.8 Å². The molecule has 4 N–H and O–H groups in total. The van der Waals surface area contributed by atoms with Crippen LogP contribution >= 0.6 is 0 Å². The van der Waals surface area contributed by atoms with E-state index in [4.69, 9.17) is 0 Å². The standard InChI is InChI=1S/C20H23N5O4/c1-10(2)20(29)24-18-15-19(22-8-21-18)25(9-23-15)13-7-12(16(27)17(13)28)14(26)6-5-11-3-4-11/h8-9,11-14,16-17,26-28H,1,3-4,7H2,2H3,(H,21,22,24,29)/t12-,13-,14?,16-,17+/m1/s1. The summed E-state index contributed by atoms with van der Waals surface area (Å²) in [6, 6.07) is -0.544. The number of nitrogens with zero attached hydrogens (tertiary/aromatic N) is 4. The molecule has 0 saturated heterocycles. The Morgan fingerprint density at radius 3 is 2.76 bits per heavy atom. The fraction of sp³-hybridized carbons (Fsp3) is 0.500. The highest BCUT2D eigenvalue weighted by Gasteiger charge is 2.45. The topological polar surface area (TPSA) is 133 Å². The quantitative estimate of drug-likeness (QED) is 0.433. The number of hydrogen-bond donors (Lipinski definition) is 4. The fourth-order valence-electron chi connectivity index (χ4n) is 3.57. The van der Waals surface area contributed by atoms with E-state index in [2.05, 4.69) is 38.7 Å². The maximum Gasteiger partial charge on any atom is 0.251 e. The first-order valence-corrected chi connectivity index (χ1v) is 9.56. The summed E-state index contributed by atoms with van der Waals surface area (Å²) < 4.78 is 1.64. The molecule has 2 aromatic heterocycles. The van der Waals surface area contributed by atoms with Crippen molar-refractivity contribution in [3.05, 3.63) is 24.8 Å². The van der Waals surface area contributed by atoms with Gasteiger partial charge >= 0.3 is 0 Å². The minimum absolute atomic E-state index is 0.238. The number of hydrogen-bond acceptors (Lipinski definition) is 7. The van der Waals surface area contributed by atoms with Gasteiger partial charge in [0.2, 0.25) is 0 Å². The SMILES string of the molecule is C=C(C)C(=O)Nc1ncnc2c1ncn2[C@@H]1C[C@H](C(O)C#CC2CC2)[C@@H](O)[C@H]1O. The molecule has 0 spiro atoms. The summed E-state index contributed by atoms with van der Waals surface area (Å²) in [5.74, 6) is 5.43. The summed E-state index contributed by atoms with van der Waals surface area (Å²) in [5, 5.41) is 34.1. The lowest BCUT2D eigenvalue weighted by molar-refractivity contribution is -0.112. The highest BCUT2D eigenvalue weighted by molar-refractivity contribution is 6.05. The number of aliphatic hydroxyl groups excluding tert-OH is 3. The van der Waals surface area contributed by atoms with Gasteiger partial charge in [0.25, 0.3) is 5.91 Å². The lowest BCUT2D eigenvalue weighted by Gasteiger charge is -2.18. The van der Waals surface area contributed by atoms with Crippen LogP contribution < -0.4 is 5.32 Å². The molecule has 0 radical (unpaired) electrons. The van der Waals surface area contributed by atoms with E-state index in [1.165, 1.54) is 12.7 Å². The third-order valence-electron chi connectivity index (χ3n) is 5.45. The molecule has 152 valence electrons. The van der Waals surface area contributed by atoms with Crippen LogP contribution in [-0.2, 0) is 4.79 Å². The van der Waals surface area contributed by atoms with Crippen molar-refractivity contribution >= 4 is 22.9 Å². The summed E-state index contributed by atoms with van der Waals surface area (Å²) in [7, 11) is 0. The summed E-state index contributed by atoms with van der Waals surface area (Å²) in [4.78, 5) is 24.5. The van der Waals surface area contributed by atoms with Crippen LogP contribution in [0.15, 0.2) is 24.8 Å². The molecule has 29 heavy (non-hydrogen) atoms. The van der Waals surface area contributed by atoms with Crippen LogP contribution in [0.25, 0.3) is 11.2 Å². The van der Waals surface area contributed by atoms with E-state index in [1.54, 1.807) is 11.5 Å². The van der Waals surface area contributed by atoms with Gasteiger partial charge in [0.15, 0.2) is 17.0 Å². The average molecular weight is 397 g/mol. The van der Waals surface area contributed by atoms with Crippen molar-refractivity contribution in [1.29, 1.82) is 0 Å². The molecule has 4 rings (SSSR count). The molecule has 2 saturated carbocycles. The van der Waals surface area contributed by atoms with Crippen molar-refractivity contribution < 1.29 is 20.1 Å². The number of carbonyl (C=O) groups is 1. The Bertz CT molecular complexity index is 1020. The van der Waals surface area contributed by atoms with Gasteiger partial charge < -0.3 is 25.2 Å². The monoisotopic (exact) mass is 397 g/mol. The number of carbonyl (C=O) groups excluding carboxylic acids is 1. The van der Waals surface area contributed by atoms with E-state index in [9.17, 15) is 20.1 Å². The molecule has 2 heterocycles. The summed E-state index contributed by atoms with van der Waals surface area (Å²) in [6.07, 6.45) is 1.93. The minimum atomic E-state index is -1.12. The molecule has 0 bridgehead atoms. The largest absolute Gasteiger partial charge is 0.390 e. The van der Waals surface area contributed by atoms with E-state index in [0.717, 1.165) is 12.8 Å². The van der Waals surface area contributed by atoms with Gasteiger partial charge in [-0.15, -0.1) is 0 Å². The van der Waals surface area contributed by atoms with E-state index in [1.807, 2.05) is 0 Å².